The van der Waals surface area contributed by atoms with E-state index in [9.17, 15) is 0 Å². The molecule has 0 aliphatic rings. The molecule has 0 unspecified atom stereocenters. The summed E-state index contributed by atoms with van der Waals surface area (Å²) in [5.41, 5.74) is 9.63. The Labute approximate surface area is 279 Å². The summed E-state index contributed by atoms with van der Waals surface area (Å²) in [6.07, 6.45) is 0. The third kappa shape index (κ3) is 3.64. The van der Waals surface area contributed by atoms with Crippen LogP contribution in [0.25, 0.3) is 99.3 Å². The summed E-state index contributed by atoms with van der Waals surface area (Å²) in [6.45, 7) is 0. The van der Waals surface area contributed by atoms with E-state index in [4.69, 9.17) is 14.4 Å². The van der Waals surface area contributed by atoms with Crippen molar-refractivity contribution in [1.29, 1.82) is 0 Å². The largest absolute Gasteiger partial charge is 0.452 e. The van der Waals surface area contributed by atoms with Crippen LogP contribution in [0, 0.1) is 0 Å². The minimum atomic E-state index is 0.608. The first kappa shape index (κ1) is 26.4. The highest BCUT2D eigenvalue weighted by atomic mass is 16.3. The van der Waals surface area contributed by atoms with Crippen molar-refractivity contribution in [2.75, 3.05) is 0 Å². The molecule has 4 aromatic heterocycles. The number of para-hydroxylation sites is 3. The van der Waals surface area contributed by atoms with Gasteiger partial charge in [0.1, 0.15) is 16.8 Å². The van der Waals surface area contributed by atoms with Gasteiger partial charge in [-0.1, -0.05) is 121 Å². The van der Waals surface area contributed by atoms with Gasteiger partial charge in [-0.05, 0) is 41.8 Å². The Bertz CT molecular complexity index is 3110. The van der Waals surface area contributed by atoms with Gasteiger partial charge in [-0.3, -0.25) is 4.57 Å². The molecule has 0 atom stereocenters. The van der Waals surface area contributed by atoms with Gasteiger partial charge >= 0.3 is 0 Å². The fourth-order valence-electron chi connectivity index (χ4n) is 7.85. The number of benzene rings is 7. The fourth-order valence-corrected chi connectivity index (χ4v) is 7.85. The molecule has 0 aliphatic carbocycles. The molecule has 0 radical (unpaired) electrons. The van der Waals surface area contributed by atoms with Crippen molar-refractivity contribution in [2.24, 2.45) is 0 Å². The van der Waals surface area contributed by atoms with Gasteiger partial charge in [0.2, 0.25) is 5.95 Å². The maximum atomic E-state index is 6.44. The fraction of sp³-hybridized carbons (Fsp3) is 0. The molecule has 0 aliphatic heterocycles. The first-order valence-corrected chi connectivity index (χ1v) is 16.5. The van der Waals surface area contributed by atoms with Crippen molar-refractivity contribution in [2.45, 2.75) is 0 Å². The molecule has 0 amide bonds. The molecule has 4 heterocycles. The molecule has 0 bridgehead atoms. The van der Waals surface area contributed by atoms with Gasteiger partial charge in [-0.2, -0.15) is 0 Å². The summed E-state index contributed by atoms with van der Waals surface area (Å²) in [6, 6.07) is 55.4. The molecule has 0 fully saturated rings. The van der Waals surface area contributed by atoms with E-state index in [1.807, 2.05) is 36.4 Å². The Morgan fingerprint density at radius 3 is 1.98 bits per heavy atom. The van der Waals surface area contributed by atoms with E-state index in [1.165, 1.54) is 38.0 Å². The lowest BCUT2D eigenvalue weighted by Gasteiger charge is -2.12. The minimum Gasteiger partial charge on any atom is -0.452 e. The van der Waals surface area contributed by atoms with Crippen molar-refractivity contribution in [3.8, 4) is 22.9 Å². The highest BCUT2D eigenvalue weighted by molar-refractivity contribution is 6.26. The summed E-state index contributed by atoms with van der Waals surface area (Å²) >= 11 is 0. The highest BCUT2D eigenvalue weighted by Crippen LogP contribution is 2.43. The Morgan fingerprint density at radius 2 is 1.12 bits per heavy atom. The number of fused-ring (bicyclic) bond motifs is 11. The first-order valence-electron chi connectivity index (χ1n) is 16.5. The van der Waals surface area contributed by atoms with Crippen LogP contribution in [0.2, 0.25) is 0 Å². The summed E-state index contributed by atoms with van der Waals surface area (Å²) < 4.78 is 11.1. The summed E-state index contributed by atoms with van der Waals surface area (Å²) in [4.78, 5) is 10.6. The van der Waals surface area contributed by atoms with Crippen LogP contribution in [0.1, 0.15) is 0 Å². The third-order valence-electron chi connectivity index (χ3n) is 9.93. The highest BCUT2D eigenvalue weighted by Gasteiger charge is 2.24. The smallest absolute Gasteiger partial charge is 0.236 e. The van der Waals surface area contributed by atoms with E-state index >= 15 is 0 Å². The van der Waals surface area contributed by atoms with Crippen LogP contribution in [0.3, 0.4) is 0 Å². The van der Waals surface area contributed by atoms with Crippen LogP contribution in [0.5, 0.6) is 0 Å². The van der Waals surface area contributed by atoms with Gasteiger partial charge in [-0.15, -0.1) is 0 Å². The Balaban J connectivity index is 1.32. The number of rotatable bonds is 3. The second-order valence-electron chi connectivity index (χ2n) is 12.6. The molecule has 0 saturated carbocycles. The van der Waals surface area contributed by atoms with Crippen LogP contribution < -0.4 is 0 Å². The van der Waals surface area contributed by atoms with Crippen molar-refractivity contribution in [3.63, 3.8) is 0 Å². The lowest BCUT2D eigenvalue weighted by Crippen LogP contribution is -2.03. The van der Waals surface area contributed by atoms with E-state index in [0.717, 1.165) is 49.9 Å². The van der Waals surface area contributed by atoms with E-state index in [1.54, 1.807) is 0 Å². The average Bonchev–Trinajstić information content (AvgIpc) is 3.82. The maximum absolute atomic E-state index is 6.44. The molecular weight excluding hydrogens is 601 g/mol. The summed E-state index contributed by atoms with van der Waals surface area (Å²) in [7, 11) is 0. The van der Waals surface area contributed by atoms with Gasteiger partial charge in [0, 0.05) is 37.9 Å². The van der Waals surface area contributed by atoms with Gasteiger partial charge in [-0.25, -0.2) is 9.97 Å². The molecule has 5 nitrogen and oxygen atoms in total. The first-order chi connectivity index (χ1) is 24.3. The van der Waals surface area contributed by atoms with Crippen LogP contribution in [-0.2, 0) is 0 Å². The number of furan rings is 1. The lowest BCUT2D eigenvalue weighted by atomic mass is 10.1. The number of hydrogen-bond acceptors (Lipinski definition) is 3. The van der Waals surface area contributed by atoms with Crippen molar-refractivity contribution in [1.82, 2.24) is 19.1 Å². The molecule has 228 valence electrons. The normalized spacial score (nSPS) is 12.1. The van der Waals surface area contributed by atoms with Gasteiger partial charge in [0.15, 0.2) is 5.58 Å². The zero-order valence-corrected chi connectivity index (χ0v) is 26.2. The van der Waals surface area contributed by atoms with E-state index in [0.29, 0.717) is 11.5 Å². The number of aromatic nitrogens is 4. The van der Waals surface area contributed by atoms with E-state index in [-0.39, 0.29) is 0 Å². The predicted octanol–water partition coefficient (Wildman–Crippen LogP) is 11.4. The second kappa shape index (κ2) is 9.89. The molecule has 5 heteroatoms. The quantitative estimate of drug-likeness (QED) is 0.196. The third-order valence-corrected chi connectivity index (χ3v) is 9.93. The minimum absolute atomic E-state index is 0.608. The molecule has 49 heavy (non-hydrogen) atoms. The van der Waals surface area contributed by atoms with E-state index < -0.39 is 0 Å². The van der Waals surface area contributed by atoms with Gasteiger partial charge in [0.25, 0.3) is 0 Å². The second-order valence-corrected chi connectivity index (χ2v) is 12.6. The lowest BCUT2D eigenvalue weighted by molar-refractivity contribution is 0.666. The molecule has 11 rings (SSSR count). The number of nitrogens with zero attached hydrogens (tertiary/aromatic N) is 4. The Morgan fingerprint density at radius 1 is 0.449 bits per heavy atom. The van der Waals surface area contributed by atoms with Crippen LogP contribution >= 0.6 is 0 Å². The molecule has 0 saturated heterocycles. The topological polar surface area (TPSA) is 48.8 Å². The number of hydrogen-bond donors (Lipinski definition) is 0. The molecule has 11 aromatic rings. The SMILES string of the molecule is c1ccc(-c2nc(-n3c4ccccc4c4c3ccc3c5ccccc5n(-c5cccc6ccccc56)c34)nc3c2oc2ccccc23)cc1. The summed E-state index contributed by atoms with van der Waals surface area (Å²) in [5, 5.41) is 8.13. The van der Waals surface area contributed by atoms with Crippen molar-refractivity contribution < 1.29 is 4.42 Å². The maximum Gasteiger partial charge on any atom is 0.236 e. The van der Waals surface area contributed by atoms with Crippen molar-refractivity contribution >= 4 is 76.5 Å². The molecule has 0 spiro atoms. The molecule has 0 N–H and O–H groups in total. The molecule has 7 aromatic carbocycles. The molecular formula is C44H26N4O. The van der Waals surface area contributed by atoms with E-state index in [2.05, 4.69) is 130 Å². The Hall–Kier alpha value is -6.72. The summed E-state index contributed by atoms with van der Waals surface area (Å²) in [5.74, 6) is 0.608. The van der Waals surface area contributed by atoms with Crippen LogP contribution in [0.15, 0.2) is 162 Å². The monoisotopic (exact) mass is 626 g/mol. The van der Waals surface area contributed by atoms with Crippen LogP contribution in [-0.4, -0.2) is 19.1 Å². The zero-order valence-electron chi connectivity index (χ0n) is 26.2. The van der Waals surface area contributed by atoms with Gasteiger partial charge in [0.05, 0.1) is 27.8 Å². The van der Waals surface area contributed by atoms with Crippen molar-refractivity contribution in [3.05, 3.63) is 158 Å². The zero-order chi connectivity index (χ0) is 32.1. The average molecular weight is 627 g/mol. The standard InChI is InChI=1S/C44H26N4O/c1-2-14-28(15-3-1)40-43-41(33-20-8-11-24-38(33)49-43)46-44(45-40)48-36-22-10-7-19-32(36)39-37(48)26-25-31-30-18-6-9-21-35(30)47(42(31)39)34-23-12-16-27-13-4-5-17-29(27)34/h1-26H. The predicted molar refractivity (Wildman–Crippen MR) is 201 cm³/mol. The Kier molecular flexibility index (Phi) is 5.32. The van der Waals surface area contributed by atoms with Crippen LogP contribution in [0.4, 0.5) is 0 Å². The van der Waals surface area contributed by atoms with Gasteiger partial charge < -0.3 is 8.98 Å².